The fraction of sp³-hybridized carbons (Fsp3) is 0.250. The number of aryl methyl sites for hydroxylation is 2. The number of ether oxygens (including phenoxy) is 1. The number of nitrogens with zero attached hydrogens (tertiary/aromatic N) is 2. The predicted octanol–water partition coefficient (Wildman–Crippen LogP) is 2.83. The average molecular weight is 202 g/mol. The third-order valence-electron chi connectivity index (χ3n) is 2.42. The molecule has 0 spiro atoms. The van der Waals surface area contributed by atoms with E-state index in [0.29, 0.717) is 0 Å². The molecule has 78 valence electrons. The van der Waals surface area contributed by atoms with Crippen LogP contribution in [0.2, 0.25) is 0 Å². The third-order valence-corrected chi connectivity index (χ3v) is 2.42. The molecule has 0 atom stereocenters. The summed E-state index contributed by atoms with van der Waals surface area (Å²) in [5.74, 6) is 1.64. The molecule has 0 N–H and O–H groups in total. The summed E-state index contributed by atoms with van der Waals surface area (Å²) >= 11 is 0. The smallest absolute Gasteiger partial charge is 0.220 e. The molecule has 0 aliphatic rings. The zero-order valence-electron chi connectivity index (χ0n) is 9.19. The first-order chi connectivity index (χ1) is 7.18. The predicted molar refractivity (Wildman–Crippen MR) is 59.2 cm³/mol. The van der Waals surface area contributed by atoms with Gasteiger partial charge in [0, 0.05) is 12.6 Å². The van der Waals surface area contributed by atoms with Crippen LogP contribution in [0.25, 0.3) is 0 Å². The van der Waals surface area contributed by atoms with Crippen LogP contribution in [0.3, 0.4) is 0 Å². The second-order valence-corrected chi connectivity index (χ2v) is 3.55. The van der Waals surface area contributed by atoms with Crippen LogP contribution in [0.5, 0.6) is 11.6 Å². The molecule has 1 aromatic carbocycles. The van der Waals surface area contributed by atoms with Gasteiger partial charge in [-0.25, -0.2) is 4.68 Å². The van der Waals surface area contributed by atoms with E-state index < -0.39 is 0 Å². The molecule has 0 fully saturated rings. The van der Waals surface area contributed by atoms with Crippen LogP contribution in [-0.4, -0.2) is 9.78 Å². The Morgan fingerprint density at radius 3 is 2.33 bits per heavy atom. The van der Waals surface area contributed by atoms with Crippen molar-refractivity contribution in [3.05, 3.63) is 41.6 Å². The Kier molecular flexibility index (Phi) is 2.46. The highest BCUT2D eigenvalue weighted by Gasteiger charge is 2.10. The summed E-state index contributed by atoms with van der Waals surface area (Å²) in [6.07, 6.45) is 0. The molecule has 0 radical (unpaired) electrons. The van der Waals surface area contributed by atoms with Gasteiger partial charge in [-0.3, -0.25) is 0 Å². The molecule has 0 aliphatic heterocycles. The third kappa shape index (κ3) is 1.86. The maximum Gasteiger partial charge on any atom is 0.220 e. The second-order valence-electron chi connectivity index (χ2n) is 3.55. The minimum atomic E-state index is 0.804. The lowest BCUT2D eigenvalue weighted by Gasteiger charge is -2.06. The van der Waals surface area contributed by atoms with Gasteiger partial charge in [0.2, 0.25) is 5.88 Å². The number of para-hydroxylation sites is 1. The van der Waals surface area contributed by atoms with Crippen LogP contribution in [0.1, 0.15) is 11.3 Å². The van der Waals surface area contributed by atoms with Gasteiger partial charge in [0.1, 0.15) is 5.75 Å². The van der Waals surface area contributed by atoms with Crippen LogP contribution >= 0.6 is 0 Å². The van der Waals surface area contributed by atoms with Crippen LogP contribution < -0.4 is 4.74 Å². The van der Waals surface area contributed by atoms with Crippen molar-refractivity contribution in [1.29, 1.82) is 0 Å². The molecule has 1 aromatic heterocycles. The number of rotatable bonds is 2. The van der Waals surface area contributed by atoms with Crippen molar-refractivity contribution < 1.29 is 4.74 Å². The monoisotopic (exact) mass is 202 g/mol. The zero-order valence-corrected chi connectivity index (χ0v) is 9.19. The molecule has 0 bridgehead atoms. The van der Waals surface area contributed by atoms with Gasteiger partial charge in [0.05, 0.1) is 5.69 Å². The summed E-state index contributed by atoms with van der Waals surface area (Å²) in [6, 6.07) is 9.74. The van der Waals surface area contributed by atoms with E-state index in [4.69, 9.17) is 4.74 Å². The molecule has 3 heteroatoms. The molecule has 1 heterocycles. The summed E-state index contributed by atoms with van der Waals surface area (Å²) < 4.78 is 7.52. The zero-order chi connectivity index (χ0) is 10.8. The average Bonchev–Trinajstić information content (AvgIpc) is 2.47. The summed E-state index contributed by atoms with van der Waals surface area (Å²) in [4.78, 5) is 0. The molecule has 3 nitrogen and oxygen atoms in total. The van der Waals surface area contributed by atoms with E-state index in [9.17, 15) is 0 Å². The Morgan fingerprint density at radius 2 is 1.80 bits per heavy atom. The summed E-state index contributed by atoms with van der Waals surface area (Å²) in [5, 5.41) is 4.30. The maximum absolute atomic E-state index is 5.76. The van der Waals surface area contributed by atoms with Gasteiger partial charge in [0.25, 0.3) is 0 Å². The first-order valence-corrected chi connectivity index (χ1v) is 4.91. The number of hydrogen-bond donors (Lipinski definition) is 0. The minimum Gasteiger partial charge on any atom is -0.439 e. The molecular formula is C12H14N2O. The molecular weight excluding hydrogens is 188 g/mol. The lowest BCUT2D eigenvalue weighted by molar-refractivity contribution is 0.428. The number of aromatic nitrogens is 2. The van der Waals surface area contributed by atoms with E-state index in [-0.39, 0.29) is 0 Å². The molecule has 0 aliphatic carbocycles. The SMILES string of the molecule is Cc1nn(C)c(Oc2ccccc2)c1C. The largest absolute Gasteiger partial charge is 0.439 e. The normalized spacial score (nSPS) is 10.3. The fourth-order valence-corrected chi connectivity index (χ4v) is 1.49. The molecule has 0 saturated carbocycles. The van der Waals surface area contributed by atoms with E-state index in [1.807, 2.05) is 51.2 Å². The van der Waals surface area contributed by atoms with E-state index in [2.05, 4.69) is 5.10 Å². The van der Waals surface area contributed by atoms with E-state index in [0.717, 1.165) is 22.9 Å². The molecule has 2 rings (SSSR count). The van der Waals surface area contributed by atoms with Gasteiger partial charge in [-0.05, 0) is 26.0 Å². The van der Waals surface area contributed by atoms with Crippen molar-refractivity contribution in [2.24, 2.45) is 7.05 Å². The lowest BCUT2D eigenvalue weighted by atomic mass is 10.3. The van der Waals surface area contributed by atoms with Gasteiger partial charge in [-0.2, -0.15) is 5.10 Å². The molecule has 0 saturated heterocycles. The first kappa shape index (κ1) is 9.77. The van der Waals surface area contributed by atoms with Gasteiger partial charge < -0.3 is 4.74 Å². The topological polar surface area (TPSA) is 27.1 Å². The Hall–Kier alpha value is -1.77. The number of benzene rings is 1. The van der Waals surface area contributed by atoms with Gasteiger partial charge in [0.15, 0.2) is 0 Å². The fourth-order valence-electron chi connectivity index (χ4n) is 1.49. The van der Waals surface area contributed by atoms with Crippen LogP contribution in [0.15, 0.2) is 30.3 Å². The molecule has 2 aromatic rings. The first-order valence-electron chi connectivity index (χ1n) is 4.91. The number of hydrogen-bond acceptors (Lipinski definition) is 2. The summed E-state index contributed by atoms with van der Waals surface area (Å²) in [5.41, 5.74) is 2.09. The summed E-state index contributed by atoms with van der Waals surface area (Å²) in [7, 11) is 1.89. The van der Waals surface area contributed by atoms with Gasteiger partial charge in [-0.15, -0.1) is 0 Å². The second kappa shape index (κ2) is 3.77. The van der Waals surface area contributed by atoms with Crippen molar-refractivity contribution in [2.75, 3.05) is 0 Å². The van der Waals surface area contributed by atoms with Gasteiger partial charge >= 0.3 is 0 Å². The summed E-state index contributed by atoms with van der Waals surface area (Å²) in [6.45, 7) is 3.99. The van der Waals surface area contributed by atoms with Crippen molar-refractivity contribution in [3.63, 3.8) is 0 Å². The van der Waals surface area contributed by atoms with Crippen LogP contribution in [0, 0.1) is 13.8 Å². The standard InChI is InChI=1S/C12H14N2O/c1-9-10(2)13-14(3)12(9)15-11-7-5-4-6-8-11/h4-8H,1-3H3. The molecule has 15 heavy (non-hydrogen) atoms. The van der Waals surface area contributed by atoms with Gasteiger partial charge in [-0.1, -0.05) is 18.2 Å². The quantitative estimate of drug-likeness (QED) is 0.748. The Balaban J connectivity index is 2.32. The highest BCUT2D eigenvalue weighted by molar-refractivity contribution is 5.34. The highest BCUT2D eigenvalue weighted by atomic mass is 16.5. The van der Waals surface area contributed by atoms with Crippen molar-refractivity contribution in [3.8, 4) is 11.6 Å². The minimum absolute atomic E-state index is 0.804. The van der Waals surface area contributed by atoms with Crippen molar-refractivity contribution in [1.82, 2.24) is 9.78 Å². The van der Waals surface area contributed by atoms with Crippen molar-refractivity contribution >= 4 is 0 Å². The highest BCUT2D eigenvalue weighted by Crippen LogP contribution is 2.25. The Labute approximate surface area is 89.3 Å². The lowest BCUT2D eigenvalue weighted by Crippen LogP contribution is -1.95. The maximum atomic E-state index is 5.76. The van der Waals surface area contributed by atoms with Crippen LogP contribution in [-0.2, 0) is 7.05 Å². The molecule has 0 unspecified atom stereocenters. The Morgan fingerprint density at radius 1 is 1.13 bits per heavy atom. The molecule has 0 amide bonds. The van der Waals surface area contributed by atoms with Crippen LogP contribution in [0.4, 0.5) is 0 Å². The van der Waals surface area contributed by atoms with Crippen molar-refractivity contribution in [2.45, 2.75) is 13.8 Å². The Bertz CT molecular complexity index is 460. The van der Waals surface area contributed by atoms with E-state index in [1.54, 1.807) is 4.68 Å². The van der Waals surface area contributed by atoms with E-state index >= 15 is 0 Å². The van der Waals surface area contributed by atoms with E-state index in [1.165, 1.54) is 0 Å².